The molecule has 210 valence electrons. The molecule has 1 aliphatic rings. The number of carbonyl (C=O) groups is 1. The van der Waals surface area contributed by atoms with Gasteiger partial charge in [0.25, 0.3) is 15.9 Å². The number of rotatable bonds is 15. The van der Waals surface area contributed by atoms with Gasteiger partial charge in [0.1, 0.15) is 0 Å². The van der Waals surface area contributed by atoms with Gasteiger partial charge in [-0.2, -0.15) is 8.42 Å². The fourth-order valence-corrected chi connectivity index (χ4v) is 6.22. The monoisotopic (exact) mass is 570 g/mol. The minimum Gasteiger partial charge on any atom is -0.493 e. The van der Waals surface area contributed by atoms with Gasteiger partial charge in [-0.1, -0.05) is 70.2 Å². The van der Waals surface area contributed by atoms with E-state index in [1.54, 1.807) is 49.6 Å². The van der Waals surface area contributed by atoms with Gasteiger partial charge in [0.15, 0.2) is 16.7 Å². The maximum absolute atomic E-state index is 13.2. The Hall–Kier alpha value is -3.04. The number of methoxy groups -OCH3 is 1. The molecule has 1 saturated heterocycles. The largest absolute Gasteiger partial charge is 0.493 e. The number of thioether (sulfide) groups is 1. The lowest BCUT2D eigenvalue weighted by Gasteiger charge is -2.12. The Labute approximate surface area is 237 Å². The van der Waals surface area contributed by atoms with Crippen LogP contribution in [0, 0.1) is 0 Å². The maximum atomic E-state index is 13.2. The third kappa shape index (κ3) is 8.47. The summed E-state index contributed by atoms with van der Waals surface area (Å²) in [5.41, 5.74) is 1.77. The average molecular weight is 571 g/mol. The number of amidine groups is 1. The number of hydrogen-bond donors (Lipinski definition) is 0. The summed E-state index contributed by atoms with van der Waals surface area (Å²) >= 11 is 1.03. The van der Waals surface area contributed by atoms with Crippen LogP contribution in [0.4, 0.5) is 0 Å². The smallest absolute Gasteiger partial charge is 0.284 e. The van der Waals surface area contributed by atoms with Crippen molar-refractivity contribution in [3.05, 3.63) is 71.2 Å². The third-order valence-corrected chi connectivity index (χ3v) is 8.67. The van der Waals surface area contributed by atoms with Crippen molar-refractivity contribution >= 4 is 38.9 Å². The van der Waals surface area contributed by atoms with Crippen molar-refractivity contribution in [2.24, 2.45) is 4.40 Å². The van der Waals surface area contributed by atoms with Crippen molar-refractivity contribution in [2.45, 2.75) is 63.7 Å². The van der Waals surface area contributed by atoms with Crippen molar-refractivity contribution in [2.75, 3.05) is 20.3 Å². The van der Waals surface area contributed by atoms with Crippen molar-refractivity contribution < 1.29 is 22.7 Å². The zero-order valence-corrected chi connectivity index (χ0v) is 24.7. The topological polar surface area (TPSA) is 85.3 Å². The molecule has 2 aromatic rings. The second kappa shape index (κ2) is 14.9. The van der Waals surface area contributed by atoms with Crippen molar-refractivity contribution in [1.82, 2.24) is 4.90 Å². The van der Waals surface area contributed by atoms with Crippen LogP contribution in [0.5, 0.6) is 11.5 Å². The van der Waals surface area contributed by atoms with E-state index in [9.17, 15) is 13.2 Å². The van der Waals surface area contributed by atoms with Crippen molar-refractivity contribution in [3.8, 4) is 11.5 Å². The van der Waals surface area contributed by atoms with E-state index in [0.717, 1.165) is 42.2 Å². The highest BCUT2D eigenvalue weighted by Gasteiger charge is 2.34. The zero-order chi connectivity index (χ0) is 28.3. The molecular weight excluding hydrogens is 532 g/mol. The van der Waals surface area contributed by atoms with Crippen molar-refractivity contribution in [3.63, 3.8) is 0 Å². The quantitative estimate of drug-likeness (QED) is 0.132. The van der Waals surface area contributed by atoms with Crippen molar-refractivity contribution in [1.29, 1.82) is 0 Å². The second-order valence-electron chi connectivity index (χ2n) is 9.19. The van der Waals surface area contributed by atoms with Gasteiger partial charge >= 0.3 is 0 Å². The van der Waals surface area contributed by atoms with Gasteiger partial charge in [-0.05, 0) is 66.1 Å². The van der Waals surface area contributed by atoms with E-state index in [-0.39, 0.29) is 22.5 Å². The molecule has 0 unspecified atom stereocenters. The Kier molecular flexibility index (Phi) is 11.7. The summed E-state index contributed by atoms with van der Waals surface area (Å²) < 4.78 is 41.5. The second-order valence-corrected chi connectivity index (χ2v) is 11.8. The Bertz CT molecular complexity index is 1300. The standard InChI is InChI=1S/C30H38N2O5S2/c1-5-8-9-10-11-12-20-37-27-21-24(15-18-26(27)36-4)22-28-29(33)32(19-6-2)30(38-28)31-39(34,35)25-16-13-23(7-3)14-17-25/h6,13-18,21-22H,2,5,7-12,19-20H2,1,3-4H3/b28-22-,31-30+. The number of amides is 1. The van der Waals surface area contributed by atoms with E-state index < -0.39 is 10.0 Å². The Morgan fingerprint density at radius 3 is 2.38 bits per heavy atom. The van der Waals surface area contributed by atoms with Gasteiger partial charge in [0.2, 0.25) is 0 Å². The summed E-state index contributed by atoms with van der Waals surface area (Å²) in [5.74, 6) is 0.885. The molecule has 1 heterocycles. The summed E-state index contributed by atoms with van der Waals surface area (Å²) in [4.78, 5) is 15.0. The normalized spacial score (nSPS) is 15.8. The summed E-state index contributed by atoms with van der Waals surface area (Å²) in [5, 5.41) is 0.0961. The Morgan fingerprint density at radius 2 is 1.72 bits per heavy atom. The van der Waals surface area contributed by atoms with Gasteiger partial charge < -0.3 is 9.47 Å². The first-order valence-corrected chi connectivity index (χ1v) is 15.7. The number of carbonyl (C=O) groups excluding carboxylic acids is 1. The molecule has 3 rings (SSSR count). The molecule has 0 saturated carbocycles. The summed E-state index contributed by atoms with van der Waals surface area (Å²) in [7, 11) is -2.41. The molecule has 0 N–H and O–H groups in total. The van der Waals surface area contributed by atoms with Gasteiger partial charge in [0, 0.05) is 6.54 Å². The predicted molar refractivity (Wildman–Crippen MR) is 160 cm³/mol. The highest BCUT2D eigenvalue weighted by atomic mass is 32.2. The molecule has 0 aliphatic carbocycles. The average Bonchev–Trinajstić information content (AvgIpc) is 3.21. The SMILES string of the molecule is C=CCN1C(=O)/C(=C/c2ccc(OC)c(OCCCCCCCC)c2)S/C1=N/S(=O)(=O)c1ccc(CC)cc1. The Balaban J connectivity index is 1.80. The molecule has 0 spiro atoms. The molecule has 0 atom stereocenters. The van der Waals surface area contributed by atoms with Gasteiger partial charge in [-0.25, -0.2) is 0 Å². The summed E-state index contributed by atoms with van der Waals surface area (Å²) in [6, 6.07) is 12.1. The molecule has 1 amide bonds. The van der Waals surface area contributed by atoms with Crippen LogP contribution in [-0.2, 0) is 21.2 Å². The van der Waals surface area contributed by atoms with Crippen LogP contribution in [0.15, 0.2) is 69.3 Å². The molecule has 1 fully saturated rings. The van der Waals surface area contributed by atoms with E-state index in [4.69, 9.17) is 9.47 Å². The fraction of sp³-hybridized carbons (Fsp3) is 0.400. The number of benzene rings is 2. The van der Waals surface area contributed by atoms with Gasteiger partial charge in [-0.15, -0.1) is 11.0 Å². The highest BCUT2D eigenvalue weighted by Crippen LogP contribution is 2.35. The number of ether oxygens (including phenoxy) is 2. The van der Waals surface area contributed by atoms with Crippen LogP contribution >= 0.6 is 11.8 Å². The number of nitrogens with zero attached hydrogens (tertiary/aromatic N) is 2. The van der Waals surface area contributed by atoms with E-state index in [1.807, 2.05) is 19.1 Å². The molecule has 0 aromatic heterocycles. The van der Waals surface area contributed by atoms with Gasteiger partial charge in [-0.3, -0.25) is 9.69 Å². The van der Waals surface area contributed by atoms with Gasteiger partial charge in [0.05, 0.1) is 23.5 Å². The van der Waals surface area contributed by atoms with E-state index in [2.05, 4.69) is 17.9 Å². The minimum atomic E-state index is -4.00. The molecule has 1 aliphatic heterocycles. The highest BCUT2D eigenvalue weighted by molar-refractivity contribution is 8.19. The lowest BCUT2D eigenvalue weighted by molar-refractivity contribution is -0.121. The first-order chi connectivity index (χ1) is 18.8. The summed E-state index contributed by atoms with van der Waals surface area (Å²) in [6.07, 6.45) is 11.1. The first kappa shape index (κ1) is 30.5. The molecule has 0 bridgehead atoms. The van der Waals surface area contributed by atoms with Crippen LogP contribution in [0.1, 0.15) is 63.5 Å². The predicted octanol–water partition coefficient (Wildman–Crippen LogP) is 6.84. The molecule has 7 nitrogen and oxygen atoms in total. The van der Waals surface area contributed by atoms with Crippen LogP contribution in [0.2, 0.25) is 0 Å². The molecule has 39 heavy (non-hydrogen) atoms. The van der Waals surface area contributed by atoms with Crippen LogP contribution in [0.3, 0.4) is 0 Å². The fourth-order valence-electron chi connectivity index (χ4n) is 4.03. The molecule has 0 radical (unpaired) electrons. The van der Waals surface area contributed by atoms with E-state index >= 15 is 0 Å². The number of sulfonamides is 1. The third-order valence-electron chi connectivity index (χ3n) is 6.27. The maximum Gasteiger partial charge on any atom is 0.284 e. The molecule has 2 aromatic carbocycles. The van der Waals surface area contributed by atoms with Crippen LogP contribution in [0.25, 0.3) is 6.08 Å². The molecular formula is C30H38N2O5S2. The zero-order valence-electron chi connectivity index (χ0n) is 23.0. The summed E-state index contributed by atoms with van der Waals surface area (Å²) in [6.45, 7) is 8.63. The van der Waals surface area contributed by atoms with E-state index in [1.165, 1.54) is 30.6 Å². The minimum absolute atomic E-state index is 0.0820. The molecule has 9 heteroatoms. The van der Waals surface area contributed by atoms with Crippen LogP contribution < -0.4 is 9.47 Å². The first-order valence-electron chi connectivity index (χ1n) is 13.4. The Morgan fingerprint density at radius 1 is 1.00 bits per heavy atom. The number of unbranched alkanes of at least 4 members (excludes halogenated alkanes) is 5. The number of hydrogen-bond acceptors (Lipinski definition) is 6. The lowest BCUT2D eigenvalue weighted by Crippen LogP contribution is -2.29. The van der Waals surface area contributed by atoms with E-state index in [0.29, 0.717) is 23.0 Å². The lowest BCUT2D eigenvalue weighted by atomic mass is 10.1. The number of aryl methyl sites for hydroxylation is 1. The van der Waals surface area contributed by atoms with Crippen LogP contribution in [-0.4, -0.2) is 44.7 Å².